The van der Waals surface area contributed by atoms with Crippen molar-refractivity contribution in [2.24, 2.45) is 0 Å². The van der Waals surface area contributed by atoms with Gasteiger partial charge in [0.05, 0.1) is 0 Å². The third kappa shape index (κ3) is 3.57. The molecular formula is C15H22N4O. The highest BCUT2D eigenvalue weighted by Gasteiger charge is 2.09. The second-order valence-electron chi connectivity index (χ2n) is 4.89. The zero-order valence-electron chi connectivity index (χ0n) is 12.3. The van der Waals surface area contributed by atoms with E-state index in [1.807, 2.05) is 22.9 Å². The number of hydrogen-bond donors (Lipinski definition) is 1. The van der Waals surface area contributed by atoms with Crippen LogP contribution in [0.4, 0.5) is 0 Å². The van der Waals surface area contributed by atoms with Crippen LogP contribution in [-0.2, 0) is 13.2 Å². The van der Waals surface area contributed by atoms with Crippen molar-refractivity contribution in [2.45, 2.75) is 40.0 Å². The molecule has 2 rings (SSSR count). The summed E-state index contributed by atoms with van der Waals surface area (Å²) in [6.07, 6.45) is 1.57. The summed E-state index contributed by atoms with van der Waals surface area (Å²) in [5, 5.41) is 7.53. The minimum absolute atomic E-state index is 0.285. The van der Waals surface area contributed by atoms with Crippen molar-refractivity contribution in [3.8, 4) is 5.75 Å². The third-order valence-electron chi connectivity index (χ3n) is 3.03. The van der Waals surface area contributed by atoms with Gasteiger partial charge >= 0.3 is 0 Å². The summed E-state index contributed by atoms with van der Waals surface area (Å²) in [7, 11) is 0. The molecular weight excluding hydrogens is 252 g/mol. The maximum Gasteiger partial charge on any atom is 0.165 e. The first-order valence-electron chi connectivity index (χ1n) is 7.02. The number of benzene rings is 1. The third-order valence-corrected chi connectivity index (χ3v) is 3.03. The highest BCUT2D eigenvalue weighted by molar-refractivity contribution is 5.33. The van der Waals surface area contributed by atoms with E-state index in [4.69, 9.17) is 4.74 Å². The van der Waals surface area contributed by atoms with Crippen LogP contribution in [0.5, 0.6) is 5.75 Å². The van der Waals surface area contributed by atoms with Crippen LogP contribution in [0.1, 0.15) is 38.2 Å². The molecule has 5 heteroatoms. The van der Waals surface area contributed by atoms with E-state index in [0.717, 1.165) is 30.2 Å². The topological polar surface area (TPSA) is 52.0 Å². The van der Waals surface area contributed by atoms with E-state index in [1.165, 1.54) is 0 Å². The van der Waals surface area contributed by atoms with Crippen molar-refractivity contribution in [1.29, 1.82) is 0 Å². The van der Waals surface area contributed by atoms with Crippen LogP contribution in [0.3, 0.4) is 0 Å². The Hall–Kier alpha value is -1.88. The summed E-state index contributed by atoms with van der Waals surface area (Å²) in [5.41, 5.74) is 1.16. The molecule has 0 aliphatic heterocycles. The van der Waals surface area contributed by atoms with Gasteiger partial charge in [-0.15, -0.1) is 0 Å². The van der Waals surface area contributed by atoms with Crippen LogP contribution in [0.25, 0.3) is 0 Å². The maximum absolute atomic E-state index is 5.91. The molecule has 0 fully saturated rings. The predicted octanol–water partition coefficient (Wildman–Crippen LogP) is 2.55. The van der Waals surface area contributed by atoms with Gasteiger partial charge in [-0.05, 0) is 26.5 Å². The number of para-hydroxylation sites is 1. The fraction of sp³-hybridized carbons (Fsp3) is 0.467. The second kappa shape index (κ2) is 7.05. The highest BCUT2D eigenvalue weighted by atomic mass is 16.5. The molecule has 1 aromatic heterocycles. The second-order valence-corrected chi connectivity index (χ2v) is 4.89. The quantitative estimate of drug-likeness (QED) is 0.843. The first-order valence-corrected chi connectivity index (χ1v) is 7.02. The number of nitrogens with zero attached hydrogens (tertiary/aromatic N) is 3. The Morgan fingerprint density at radius 2 is 2.10 bits per heavy atom. The number of aromatic nitrogens is 3. The predicted molar refractivity (Wildman–Crippen MR) is 78.6 cm³/mol. The molecule has 1 heterocycles. The summed E-state index contributed by atoms with van der Waals surface area (Å²) in [6, 6.07) is 8.36. The lowest BCUT2D eigenvalue weighted by atomic mass is 10.2. The van der Waals surface area contributed by atoms with Crippen molar-refractivity contribution in [3.05, 3.63) is 42.0 Å². The average molecular weight is 274 g/mol. The zero-order chi connectivity index (χ0) is 14.4. The molecule has 2 aromatic rings. The van der Waals surface area contributed by atoms with E-state index in [0.29, 0.717) is 6.61 Å². The lowest BCUT2D eigenvalue weighted by Crippen LogP contribution is -2.14. The van der Waals surface area contributed by atoms with E-state index >= 15 is 0 Å². The maximum atomic E-state index is 5.91. The van der Waals surface area contributed by atoms with Crippen LogP contribution < -0.4 is 10.1 Å². The SMILES string of the molecule is CCNCc1ccccc1OCc1ncnn1C(C)C. The summed E-state index contributed by atoms with van der Waals surface area (Å²) in [5.74, 6) is 1.74. The molecule has 0 radical (unpaired) electrons. The molecule has 0 saturated heterocycles. The van der Waals surface area contributed by atoms with Gasteiger partial charge in [0.15, 0.2) is 5.82 Å². The minimum Gasteiger partial charge on any atom is -0.485 e. The summed E-state index contributed by atoms with van der Waals surface area (Å²) in [4.78, 5) is 4.26. The van der Waals surface area contributed by atoms with Gasteiger partial charge in [-0.3, -0.25) is 0 Å². The van der Waals surface area contributed by atoms with E-state index < -0.39 is 0 Å². The molecule has 0 amide bonds. The van der Waals surface area contributed by atoms with Crippen LogP contribution in [0, 0.1) is 0 Å². The standard InChI is InChI=1S/C15H22N4O/c1-4-16-9-13-7-5-6-8-14(13)20-10-15-17-11-18-19(15)12(2)3/h5-8,11-12,16H,4,9-10H2,1-3H3. The largest absolute Gasteiger partial charge is 0.485 e. The zero-order valence-corrected chi connectivity index (χ0v) is 12.3. The van der Waals surface area contributed by atoms with Gasteiger partial charge in [0.25, 0.3) is 0 Å². The smallest absolute Gasteiger partial charge is 0.165 e. The molecule has 108 valence electrons. The Labute approximate surface area is 120 Å². The summed E-state index contributed by atoms with van der Waals surface area (Å²) in [6.45, 7) is 8.43. The highest BCUT2D eigenvalue weighted by Crippen LogP contribution is 2.19. The Balaban J connectivity index is 2.05. The Kier molecular flexibility index (Phi) is 5.12. The van der Waals surface area contributed by atoms with Gasteiger partial charge in [0, 0.05) is 18.2 Å². The fourth-order valence-electron chi connectivity index (χ4n) is 2.00. The average Bonchev–Trinajstić information content (AvgIpc) is 2.92. The molecule has 0 aliphatic carbocycles. The Morgan fingerprint density at radius 3 is 2.85 bits per heavy atom. The van der Waals surface area contributed by atoms with Gasteiger partial charge in [0.1, 0.15) is 18.7 Å². The van der Waals surface area contributed by atoms with Crippen LogP contribution in [-0.4, -0.2) is 21.3 Å². The molecule has 0 bridgehead atoms. The lowest BCUT2D eigenvalue weighted by Gasteiger charge is -2.13. The van der Waals surface area contributed by atoms with Crippen molar-refractivity contribution in [1.82, 2.24) is 20.1 Å². The first kappa shape index (κ1) is 14.5. The molecule has 20 heavy (non-hydrogen) atoms. The number of nitrogens with one attached hydrogen (secondary N) is 1. The van der Waals surface area contributed by atoms with E-state index in [-0.39, 0.29) is 6.04 Å². The van der Waals surface area contributed by atoms with Crippen molar-refractivity contribution >= 4 is 0 Å². The van der Waals surface area contributed by atoms with E-state index in [2.05, 4.69) is 42.2 Å². The molecule has 0 aliphatic rings. The monoisotopic (exact) mass is 274 g/mol. The van der Waals surface area contributed by atoms with Crippen LogP contribution in [0.2, 0.25) is 0 Å². The molecule has 0 atom stereocenters. The minimum atomic E-state index is 0.285. The van der Waals surface area contributed by atoms with Crippen molar-refractivity contribution in [3.63, 3.8) is 0 Å². The van der Waals surface area contributed by atoms with Crippen LogP contribution in [0.15, 0.2) is 30.6 Å². The van der Waals surface area contributed by atoms with Gasteiger partial charge < -0.3 is 10.1 Å². The number of rotatable bonds is 7. The van der Waals surface area contributed by atoms with E-state index in [1.54, 1.807) is 6.33 Å². The Bertz CT molecular complexity index is 536. The molecule has 0 unspecified atom stereocenters. The molecule has 1 aromatic carbocycles. The number of hydrogen-bond acceptors (Lipinski definition) is 4. The first-order chi connectivity index (χ1) is 9.72. The normalized spacial score (nSPS) is 11.0. The summed E-state index contributed by atoms with van der Waals surface area (Å²) >= 11 is 0. The van der Waals surface area contributed by atoms with Gasteiger partial charge in [0.2, 0.25) is 0 Å². The van der Waals surface area contributed by atoms with Gasteiger partial charge in [-0.2, -0.15) is 5.10 Å². The van der Waals surface area contributed by atoms with Gasteiger partial charge in [-0.25, -0.2) is 9.67 Å². The lowest BCUT2D eigenvalue weighted by molar-refractivity contribution is 0.279. The fourth-order valence-corrected chi connectivity index (χ4v) is 2.00. The van der Waals surface area contributed by atoms with Crippen LogP contribution >= 0.6 is 0 Å². The molecule has 5 nitrogen and oxygen atoms in total. The number of ether oxygens (including phenoxy) is 1. The van der Waals surface area contributed by atoms with Gasteiger partial charge in [-0.1, -0.05) is 25.1 Å². The molecule has 0 saturated carbocycles. The van der Waals surface area contributed by atoms with Crippen molar-refractivity contribution < 1.29 is 4.74 Å². The van der Waals surface area contributed by atoms with E-state index in [9.17, 15) is 0 Å². The Morgan fingerprint density at radius 1 is 1.30 bits per heavy atom. The van der Waals surface area contributed by atoms with Crippen molar-refractivity contribution in [2.75, 3.05) is 6.54 Å². The molecule has 1 N–H and O–H groups in total. The molecule has 0 spiro atoms. The summed E-state index contributed by atoms with van der Waals surface area (Å²) < 4.78 is 7.79.